The van der Waals surface area contributed by atoms with E-state index < -0.39 is 0 Å². The maximum Gasteiger partial charge on any atom is 0.155 e. The Hall–Kier alpha value is -0.610. The van der Waals surface area contributed by atoms with Crippen LogP contribution in [0.25, 0.3) is 0 Å². The average molecular weight is 271 g/mol. The van der Waals surface area contributed by atoms with Gasteiger partial charge in [-0.15, -0.1) is 11.8 Å². The first kappa shape index (κ1) is 12.8. The summed E-state index contributed by atoms with van der Waals surface area (Å²) in [6, 6.07) is 0. The lowest BCUT2D eigenvalue weighted by molar-refractivity contribution is 0.112. The Morgan fingerprint density at radius 1 is 1.47 bits per heavy atom. The largest absolute Gasteiger partial charge is 0.298 e. The van der Waals surface area contributed by atoms with E-state index in [0.717, 1.165) is 17.2 Å². The molecule has 17 heavy (non-hydrogen) atoms. The van der Waals surface area contributed by atoms with Crippen LogP contribution in [0.2, 0.25) is 5.15 Å². The van der Waals surface area contributed by atoms with Gasteiger partial charge in [0.15, 0.2) is 6.29 Å². The molecule has 1 fully saturated rings. The van der Waals surface area contributed by atoms with Gasteiger partial charge >= 0.3 is 0 Å². The second-order valence-electron chi connectivity index (χ2n) is 4.51. The number of nitrogens with zero attached hydrogens (tertiary/aromatic N) is 2. The van der Waals surface area contributed by atoms with Gasteiger partial charge in [-0.2, -0.15) is 0 Å². The summed E-state index contributed by atoms with van der Waals surface area (Å²) in [6.45, 7) is 2.28. The Morgan fingerprint density at radius 3 is 3.00 bits per heavy atom. The molecule has 0 N–H and O–H groups in total. The summed E-state index contributed by atoms with van der Waals surface area (Å²) in [5.74, 6) is 0.762. The number of thioether (sulfide) groups is 1. The summed E-state index contributed by atoms with van der Waals surface area (Å²) < 4.78 is 0. The van der Waals surface area contributed by atoms with Crippen LogP contribution in [0.3, 0.4) is 0 Å². The van der Waals surface area contributed by atoms with E-state index >= 15 is 0 Å². The first-order valence-corrected chi connectivity index (χ1v) is 7.08. The minimum absolute atomic E-state index is 0.251. The highest BCUT2D eigenvalue weighted by atomic mass is 35.5. The van der Waals surface area contributed by atoms with Gasteiger partial charge in [0.2, 0.25) is 0 Å². The molecule has 0 spiro atoms. The molecule has 1 aromatic heterocycles. The Morgan fingerprint density at radius 2 is 2.29 bits per heavy atom. The predicted octanol–water partition coefficient (Wildman–Crippen LogP) is 3.61. The molecule has 2 atom stereocenters. The molecule has 0 aromatic carbocycles. The third-order valence-electron chi connectivity index (χ3n) is 3.08. The Bertz CT molecular complexity index is 413. The number of rotatable bonds is 3. The van der Waals surface area contributed by atoms with Crippen molar-refractivity contribution >= 4 is 29.6 Å². The van der Waals surface area contributed by atoms with E-state index in [4.69, 9.17) is 11.6 Å². The van der Waals surface area contributed by atoms with Crippen molar-refractivity contribution in [1.82, 2.24) is 9.97 Å². The Kier molecular flexibility index (Phi) is 4.40. The minimum atomic E-state index is 0.251. The van der Waals surface area contributed by atoms with Crippen LogP contribution in [0.5, 0.6) is 0 Å². The van der Waals surface area contributed by atoms with E-state index in [9.17, 15) is 4.79 Å². The smallest absolute Gasteiger partial charge is 0.155 e. The summed E-state index contributed by atoms with van der Waals surface area (Å²) in [4.78, 5) is 19.0. The third kappa shape index (κ3) is 3.19. The number of hydrogen-bond donors (Lipinski definition) is 0. The molecule has 3 nitrogen and oxygen atoms in total. The van der Waals surface area contributed by atoms with Crippen molar-refractivity contribution in [1.29, 1.82) is 0 Å². The number of aldehydes is 1. The van der Waals surface area contributed by atoms with Gasteiger partial charge in [-0.05, 0) is 18.8 Å². The van der Waals surface area contributed by atoms with E-state index in [1.54, 1.807) is 11.8 Å². The number of halogens is 1. The molecule has 0 radical (unpaired) electrons. The summed E-state index contributed by atoms with van der Waals surface area (Å²) in [7, 11) is 0. The molecule has 0 bridgehead atoms. The van der Waals surface area contributed by atoms with Gasteiger partial charge in [-0.1, -0.05) is 31.4 Å². The molecule has 0 saturated heterocycles. The van der Waals surface area contributed by atoms with Gasteiger partial charge in [0.1, 0.15) is 16.5 Å². The second-order valence-corrected chi connectivity index (χ2v) is 6.16. The van der Waals surface area contributed by atoms with Crippen molar-refractivity contribution in [2.75, 3.05) is 0 Å². The topological polar surface area (TPSA) is 42.9 Å². The molecule has 1 aromatic rings. The minimum Gasteiger partial charge on any atom is -0.298 e. The highest BCUT2D eigenvalue weighted by Crippen LogP contribution is 2.36. The first-order valence-electron chi connectivity index (χ1n) is 5.83. The van der Waals surface area contributed by atoms with Gasteiger partial charge in [0, 0.05) is 5.25 Å². The average Bonchev–Trinajstić information content (AvgIpc) is 2.29. The molecule has 1 saturated carbocycles. The molecular weight excluding hydrogens is 256 g/mol. The standard InChI is InChI=1S/C12H15ClN2OS/c1-8-3-2-4-9(5-8)17-12-10(6-16)11(13)14-7-15-12/h6-9H,2-5H2,1H3. The fraction of sp³-hybridized carbons (Fsp3) is 0.583. The number of carbonyl (C=O) groups is 1. The van der Waals surface area contributed by atoms with Crippen molar-refractivity contribution in [3.63, 3.8) is 0 Å². The van der Waals surface area contributed by atoms with E-state index in [0.29, 0.717) is 10.8 Å². The molecule has 92 valence electrons. The quantitative estimate of drug-likeness (QED) is 0.622. The fourth-order valence-corrected chi connectivity index (χ4v) is 3.83. The van der Waals surface area contributed by atoms with E-state index in [1.165, 1.54) is 32.0 Å². The van der Waals surface area contributed by atoms with E-state index in [1.807, 2.05) is 0 Å². The third-order valence-corrected chi connectivity index (χ3v) is 4.69. The number of aromatic nitrogens is 2. The van der Waals surface area contributed by atoms with Crippen LogP contribution in [0.15, 0.2) is 11.4 Å². The summed E-state index contributed by atoms with van der Waals surface area (Å²) in [5.41, 5.74) is 0.428. The maximum atomic E-state index is 11.0. The molecule has 5 heteroatoms. The van der Waals surface area contributed by atoms with Crippen molar-refractivity contribution < 1.29 is 4.79 Å². The zero-order chi connectivity index (χ0) is 12.3. The van der Waals surface area contributed by atoms with Crippen LogP contribution < -0.4 is 0 Å². The summed E-state index contributed by atoms with van der Waals surface area (Å²) in [6.07, 6.45) is 7.11. The van der Waals surface area contributed by atoms with Gasteiger partial charge in [0.05, 0.1) is 5.56 Å². The lowest BCUT2D eigenvalue weighted by atomic mass is 9.91. The molecule has 1 aliphatic carbocycles. The van der Waals surface area contributed by atoms with E-state index in [2.05, 4.69) is 16.9 Å². The maximum absolute atomic E-state index is 11.0. The SMILES string of the molecule is CC1CCCC(Sc2ncnc(Cl)c2C=O)C1. The lowest BCUT2D eigenvalue weighted by Gasteiger charge is -2.26. The lowest BCUT2D eigenvalue weighted by Crippen LogP contribution is -2.15. The molecule has 0 aliphatic heterocycles. The second kappa shape index (κ2) is 5.83. The van der Waals surface area contributed by atoms with Crippen LogP contribution >= 0.6 is 23.4 Å². The van der Waals surface area contributed by atoms with Crippen LogP contribution in [0, 0.1) is 5.92 Å². The predicted molar refractivity (Wildman–Crippen MR) is 69.7 cm³/mol. The van der Waals surface area contributed by atoms with Crippen LogP contribution in [0.1, 0.15) is 43.0 Å². The Balaban J connectivity index is 2.12. The molecule has 0 amide bonds. The van der Waals surface area contributed by atoms with Crippen molar-refractivity contribution in [2.24, 2.45) is 5.92 Å². The zero-order valence-corrected chi connectivity index (χ0v) is 11.3. The Labute approximate surface area is 110 Å². The molecule has 1 aliphatic rings. The molecule has 2 rings (SSSR count). The molecule has 1 heterocycles. The molecular formula is C12H15ClN2OS. The highest BCUT2D eigenvalue weighted by molar-refractivity contribution is 7.99. The highest BCUT2D eigenvalue weighted by Gasteiger charge is 2.22. The van der Waals surface area contributed by atoms with Crippen LogP contribution in [0.4, 0.5) is 0 Å². The van der Waals surface area contributed by atoms with Crippen molar-refractivity contribution in [3.05, 3.63) is 17.0 Å². The fourth-order valence-electron chi connectivity index (χ4n) is 2.20. The summed E-state index contributed by atoms with van der Waals surface area (Å²) >= 11 is 7.55. The van der Waals surface area contributed by atoms with Crippen molar-refractivity contribution in [2.45, 2.75) is 42.9 Å². The summed E-state index contributed by atoms with van der Waals surface area (Å²) in [5, 5.41) is 1.52. The first-order chi connectivity index (χ1) is 8.20. The number of carbonyl (C=O) groups excluding carboxylic acids is 1. The number of hydrogen-bond acceptors (Lipinski definition) is 4. The van der Waals surface area contributed by atoms with Crippen LogP contribution in [-0.4, -0.2) is 21.5 Å². The zero-order valence-electron chi connectivity index (χ0n) is 9.73. The van der Waals surface area contributed by atoms with Gasteiger partial charge in [-0.3, -0.25) is 4.79 Å². The van der Waals surface area contributed by atoms with Crippen molar-refractivity contribution in [3.8, 4) is 0 Å². The van der Waals surface area contributed by atoms with Gasteiger partial charge < -0.3 is 0 Å². The monoisotopic (exact) mass is 270 g/mol. The van der Waals surface area contributed by atoms with Gasteiger partial charge in [-0.25, -0.2) is 9.97 Å². The molecule has 2 unspecified atom stereocenters. The van der Waals surface area contributed by atoms with Gasteiger partial charge in [0.25, 0.3) is 0 Å². The van der Waals surface area contributed by atoms with Crippen LogP contribution in [-0.2, 0) is 0 Å². The normalized spacial score (nSPS) is 24.6. The van der Waals surface area contributed by atoms with E-state index in [-0.39, 0.29) is 5.15 Å².